The van der Waals surface area contributed by atoms with Gasteiger partial charge in [-0.05, 0) is 39.8 Å². The fourth-order valence-electron chi connectivity index (χ4n) is 1.61. The Kier molecular flexibility index (Phi) is 2.72. The van der Waals surface area contributed by atoms with E-state index in [-0.39, 0.29) is 11.2 Å². The van der Waals surface area contributed by atoms with Gasteiger partial charge >= 0.3 is 7.12 Å². The lowest BCUT2D eigenvalue weighted by Crippen LogP contribution is -2.41. The predicted octanol–water partition coefficient (Wildman–Crippen LogP) is 1.25. The minimum absolute atomic E-state index is 0.387. The Balaban J connectivity index is 2.29. The molecule has 0 atom stereocenters. The molecular weight excluding hydrogens is 215 g/mol. The fourth-order valence-corrected chi connectivity index (χ4v) is 1.61. The Bertz CT molecular complexity index is 464. The molecule has 0 aromatic carbocycles. The summed E-state index contributed by atoms with van der Waals surface area (Å²) in [5.41, 5.74) is 0.427. The zero-order valence-electron chi connectivity index (χ0n) is 10.5. The van der Waals surface area contributed by atoms with Crippen LogP contribution in [0, 0.1) is 11.3 Å². The highest BCUT2D eigenvalue weighted by atomic mass is 16.7. The summed E-state index contributed by atoms with van der Waals surface area (Å²) in [6, 6.07) is 5.44. The molecule has 0 unspecified atom stereocenters. The summed E-state index contributed by atoms with van der Waals surface area (Å²) in [5.74, 6) is 0. The molecule has 0 spiro atoms. The lowest BCUT2D eigenvalue weighted by Gasteiger charge is -2.32. The maximum absolute atomic E-state index is 8.85. The molecule has 0 radical (unpaired) electrons. The number of rotatable bonds is 1. The number of nitrogens with zero attached hydrogens (tertiary/aromatic N) is 2. The lowest BCUT2D eigenvalue weighted by atomic mass is 9.83. The highest BCUT2D eigenvalue weighted by Crippen LogP contribution is 2.36. The van der Waals surface area contributed by atoms with Crippen LogP contribution in [0.15, 0.2) is 18.3 Å². The molecule has 17 heavy (non-hydrogen) atoms. The monoisotopic (exact) mass is 230 g/mol. The maximum Gasteiger partial charge on any atom is 0.514 e. The second-order valence-corrected chi connectivity index (χ2v) is 5.17. The van der Waals surface area contributed by atoms with Crippen molar-refractivity contribution in [3.63, 3.8) is 0 Å². The lowest BCUT2D eigenvalue weighted by molar-refractivity contribution is 0.00578. The van der Waals surface area contributed by atoms with Crippen LogP contribution in [0.25, 0.3) is 0 Å². The van der Waals surface area contributed by atoms with Crippen LogP contribution in [0.3, 0.4) is 0 Å². The van der Waals surface area contributed by atoms with Crippen molar-refractivity contribution in [1.29, 1.82) is 5.26 Å². The first-order valence-corrected chi connectivity index (χ1v) is 5.57. The summed E-state index contributed by atoms with van der Waals surface area (Å²) in [6.45, 7) is 7.95. The van der Waals surface area contributed by atoms with E-state index in [1.807, 2.05) is 27.7 Å². The average molecular weight is 230 g/mol. The quantitative estimate of drug-likeness (QED) is 0.681. The van der Waals surface area contributed by atoms with Crippen LogP contribution in [-0.2, 0) is 9.31 Å². The van der Waals surface area contributed by atoms with Gasteiger partial charge in [-0.15, -0.1) is 0 Å². The Labute approximate surface area is 102 Å². The van der Waals surface area contributed by atoms with Crippen molar-refractivity contribution in [1.82, 2.24) is 4.98 Å². The minimum Gasteiger partial charge on any atom is -0.398 e. The van der Waals surface area contributed by atoms with Gasteiger partial charge in [-0.1, -0.05) is 0 Å². The van der Waals surface area contributed by atoms with Gasteiger partial charge in [-0.25, -0.2) is 0 Å². The van der Waals surface area contributed by atoms with Crippen LogP contribution < -0.4 is 5.59 Å². The molecule has 5 heteroatoms. The topological polar surface area (TPSA) is 55.1 Å². The van der Waals surface area contributed by atoms with E-state index < -0.39 is 7.12 Å². The van der Waals surface area contributed by atoms with Crippen LogP contribution in [0.2, 0.25) is 0 Å². The molecule has 4 nitrogen and oxygen atoms in total. The third-order valence-electron chi connectivity index (χ3n) is 3.40. The summed E-state index contributed by atoms with van der Waals surface area (Å²) in [7, 11) is -0.506. The third-order valence-corrected chi connectivity index (χ3v) is 3.40. The van der Waals surface area contributed by atoms with E-state index in [4.69, 9.17) is 14.6 Å². The van der Waals surface area contributed by atoms with Crippen molar-refractivity contribution in [2.45, 2.75) is 38.9 Å². The highest BCUT2D eigenvalue weighted by Gasteiger charge is 2.52. The summed E-state index contributed by atoms with van der Waals surface area (Å²) in [5, 5.41) is 8.85. The standard InChI is InChI=1S/C12H15BN2O2/c1-11(2)12(3,4)17-13(16-11)10-7-9(8-14)5-6-15-10/h5-7H,1-4H3. The molecule has 0 bridgehead atoms. The van der Waals surface area contributed by atoms with E-state index in [2.05, 4.69) is 11.1 Å². The summed E-state index contributed by atoms with van der Waals surface area (Å²) < 4.78 is 11.7. The second-order valence-electron chi connectivity index (χ2n) is 5.17. The molecule has 1 aliphatic rings. The number of pyridine rings is 1. The summed E-state index contributed by atoms with van der Waals surface area (Å²) >= 11 is 0. The average Bonchev–Trinajstić information content (AvgIpc) is 2.48. The number of hydrogen-bond acceptors (Lipinski definition) is 4. The van der Waals surface area contributed by atoms with Gasteiger partial charge < -0.3 is 9.31 Å². The summed E-state index contributed by atoms with van der Waals surface area (Å²) in [4.78, 5) is 4.20. The SMILES string of the molecule is CC1(C)OB(c2cc(C#N)ccn2)OC1(C)C. The first kappa shape index (κ1) is 12.1. The van der Waals surface area contributed by atoms with E-state index in [0.717, 1.165) is 0 Å². The molecule has 1 fully saturated rings. The molecule has 2 rings (SSSR count). The molecule has 0 aliphatic carbocycles. The molecule has 0 N–H and O–H groups in total. The van der Waals surface area contributed by atoms with E-state index >= 15 is 0 Å². The molecule has 1 aromatic rings. The summed E-state index contributed by atoms with van der Waals surface area (Å²) in [6.07, 6.45) is 1.60. The van der Waals surface area contributed by atoms with Gasteiger partial charge in [0.1, 0.15) is 0 Å². The predicted molar refractivity (Wildman–Crippen MR) is 64.7 cm³/mol. The molecule has 1 aromatic heterocycles. The van der Waals surface area contributed by atoms with E-state index in [0.29, 0.717) is 11.2 Å². The van der Waals surface area contributed by atoms with Crippen molar-refractivity contribution in [2.24, 2.45) is 0 Å². The van der Waals surface area contributed by atoms with Crippen molar-refractivity contribution < 1.29 is 9.31 Å². The number of nitriles is 1. The molecule has 1 aliphatic heterocycles. The third kappa shape index (κ3) is 2.06. The van der Waals surface area contributed by atoms with Crippen LogP contribution >= 0.6 is 0 Å². The van der Waals surface area contributed by atoms with Crippen LogP contribution in [0.1, 0.15) is 33.3 Å². The first-order chi connectivity index (χ1) is 7.86. The van der Waals surface area contributed by atoms with Gasteiger partial charge in [0.15, 0.2) is 0 Å². The largest absolute Gasteiger partial charge is 0.514 e. The molecule has 0 amide bonds. The van der Waals surface area contributed by atoms with Crippen LogP contribution in [-0.4, -0.2) is 23.3 Å². The van der Waals surface area contributed by atoms with Crippen molar-refractivity contribution in [3.05, 3.63) is 23.9 Å². The van der Waals surface area contributed by atoms with E-state index in [1.165, 1.54) is 0 Å². The van der Waals surface area contributed by atoms with Crippen molar-refractivity contribution in [3.8, 4) is 6.07 Å². The van der Waals surface area contributed by atoms with Crippen molar-refractivity contribution in [2.75, 3.05) is 0 Å². The van der Waals surface area contributed by atoms with Gasteiger partial charge in [0, 0.05) is 6.20 Å². The van der Waals surface area contributed by atoms with Gasteiger partial charge in [0.05, 0.1) is 28.4 Å². The fraction of sp³-hybridized carbons (Fsp3) is 0.500. The maximum atomic E-state index is 8.85. The van der Waals surface area contributed by atoms with Crippen LogP contribution in [0.4, 0.5) is 0 Å². The molecule has 0 saturated carbocycles. The number of aromatic nitrogens is 1. The zero-order valence-corrected chi connectivity index (χ0v) is 10.5. The Hall–Kier alpha value is -1.38. The Morgan fingerprint density at radius 1 is 1.24 bits per heavy atom. The van der Waals surface area contributed by atoms with E-state index in [9.17, 15) is 0 Å². The smallest absolute Gasteiger partial charge is 0.398 e. The highest BCUT2D eigenvalue weighted by molar-refractivity contribution is 6.61. The molecule has 2 heterocycles. The molecule has 88 valence electrons. The van der Waals surface area contributed by atoms with Gasteiger partial charge in [-0.2, -0.15) is 5.26 Å². The van der Waals surface area contributed by atoms with E-state index in [1.54, 1.807) is 18.3 Å². The van der Waals surface area contributed by atoms with Crippen molar-refractivity contribution >= 4 is 12.7 Å². The van der Waals surface area contributed by atoms with Gasteiger partial charge in [0.25, 0.3) is 0 Å². The number of hydrogen-bond donors (Lipinski definition) is 0. The normalized spacial score (nSPS) is 21.2. The van der Waals surface area contributed by atoms with Gasteiger partial charge in [-0.3, -0.25) is 4.98 Å². The second kappa shape index (κ2) is 3.83. The zero-order chi connectivity index (χ0) is 12.7. The molecular formula is C12H15BN2O2. The molecule has 1 saturated heterocycles. The van der Waals surface area contributed by atoms with Crippen LogP contribution in [0.5, 0.6) is 0 Å². The first-order valence-electron chi connectivity index (χ1n) is 5.57. The Morgan fingerprint density at radius 2 is 1.82 bits per heavy atom. The van der Waals surface area contributed by atoms with Gasteiger partial charge in [0.2, 0.25) is 0 Å². The minimum atomic E-state index is -0.506. The Morgan fingerprint density at radius 3 is 2.35 bits per heavy atom.